The van der Waals surface area contributed by atoms with Crippen LogP contribution in [0.15, 0.2) is 35.5 Å². The third kappa shape index (κ3) is 3.09. The van der Waals surface area contributed by atoms with E-state index >= 15 is 0 Å². The molecule has 0 bridgehead atoms. The van der Waals surface area contributed by atoms with Crippen molar-refractivity contribution in [2.24, 2.45) is 11.3 Å². The van der Waals surface area contributed by atoms with Gasteiger partial charge < -0.3 is 0 Å². The van der Waals surface area contributed by atoms with Crippen LogP contribution in [0.5, 0.6) is 0 Å². The molecular weight excluding hydrogens is 180 g/mol. The Labute approximate surface area is 94.8 Å². The Kier molecular flexibility index (Phi) is 3.96. The lowest BCUT2D eigenvalue weighted by Crippen LogP contribution is -2.26. The van der Waals surface area contributed by atoms with Gasteiger partial charge in [0.05, 0.1) is 0 Å². The van der Waals surface area contributed by atoms with Crippen LogP contribution in [0, 0.1) is 11.3 Å². The molecule has 0 aromatic carbocycles. The maximum atomic E-state index is 2.39. The minimum Gasteiger partial charge on any atom is -0.0850 e. The van der Waals surface area contributed by atoms with Crippen molar-refractivity contribution in [1.82, 2.24) is 0 Å². The lowest BCUT2D eigenvalue weighted by Gasteiger charge is -2.36. The van der Waals surface area contributed by atoms with E-state index in [1.807, 2.05) is 0 Å². The van der Waals surface area contributed by atoms with Crippen LogP contribution in [-0.4, -0.2) is 0 Å². The molecule has 0 nitrogen and oxygen atoms in total. The van der Waals surface area contributed by atoms with E-state index in [0.717, 1.165) is 0 Å². The highest BCUT2D eigenvalue weighted by molar-refractivity contribution is 5.24. The summed E-state index contributed by atoms with van der Waals surface area (Å²) in [7, 11) is 0. The van der Waals surface area contributed by atoms with E-state index in [9.17, 15) is 0 Å². The molecule has 0 aromatic rings. The molecule has 15 heavy (non-hydrogen) atoms. The summed E-state index contributed by atoms with van der Waals surface area (Å²) in [5, 5.41) is 0. The fraction of sp³-hybridized carbons (Fsp3) is 0.600. The van der Waals surface area contributed by atoms with Gasteiger partial charge in [-0.05, 0) is 39.0 Å². The average Bonchev–Trinajstić information content (AvgIpc) is 2.15. The van der Waals surface area contributed by atoms with Crippen molar-refractivity contribution in [1.29, 1.82) is 0 Å². The van der Waals surface area contributed by atoms with Gasteiger partial charge in [-0.1, -0.05) is 49.3 Å². The molecule has 84 valence electrons. The molecule has 1 aliphatic carbocycles. The zero-order valence-corrected chi connectivity index (χ0v) is 10.8. The van der Waals surface area contributed by atoms with Crippen molar-refractivity contribution in [2.45, 2.75) is 47.5 Å². The van der Waals surface area contributed by atoms with Crippen LogP contribution in [0.2, 0.25) is 0 Å². The van der Waals surface area contributed by atoms with Gasteiger partial charge in [0.25, 0.3) is 0 Å². The van der Waals surface area contributed by atoms with Crippen LogP contribution in [0.25, 0.3) is 0 Å². The minimum atomic E-state index is 0.420. The van der Waals surface area contributed by atoms with Crippen molar-refractivity contribution >= 4 is 0 Å². The SMILES string of the molecule is C/C=C(C)\C=C\[C@H]1C(C)=CCCC1(C)C. The predicted octanol–water partition coefficient (Wildman–Crippen LogP) is 4.89. The van der Waals surface area contributed by atoms with E-state index in [-0.39, 0.29) is 0 Å². The molecule has 0 saturated carbocycles. The molecule has 0 radical (unpaired) electrons. The van der Waals surface area contributed by atoms with Crippen LogP contribution in [0.4, 0.5) is 0 Å². The van der Waals surface area contributed by atoms with Gasteiger partial charge in [-0.15, -0.1) is 0 Å². The van der Waals surface area contributed by atoms with Crippen molar-refractivity contribution < 1.29 is 0 Å². The maximum Gasteiger partial charge on any atom is 0.00285 e. The molecule has 0 spiro atoms. The fourth-order valence-electron chi connectivity index (χ4n) is 2.33. The summed E-state index contributed by atoms with van der Waals surface area (Å²) in [4.78, 5) is 0. The van der Waals surface area contributed by atoms with Crippen LogP contribution in [-0.2, 0) is 0 Å². The van der Waals surface area contributed by atoms with Gasteiger partial charge in [-0.25, -0.2) is 0 Å². The lowest BCUT2D eigenvalue weighted by atomic mass is 9.68. The first-order chi connectivity index (χ1) is 6.97. The van der Waals surface area contributed by atoms with Gasteiger partial charge in [0.2, 0.25) is 0 Å². The van der Waals surface area contributed by atoms with Gasteiger partial charge >= 0.3 is 0 Å². The third-order valence-electron chi connectivity index (χ3n) is 3.59. The molecule has 1 rings (SSSR count). The molecule has 0 N–H and O–H groups in total. The van der Waals surface area contributed by atoms with Crippen molar-refractivity contribution in [2.75, 3.05) is 0 Å². The second kappa shape index (κ2) is 4.83. The molecule has 0 fully saturated rings. The number of rotatable bonds is 2. The number of allylic oxidation sites excluding steroid dienone is 6. The highest BCUT2D eigenvalue weighted by Gasteiger charge is 2.30. The second-order valence-corrected chi connectivity index (χ2v) is 5.34. The van der Waals surface area contributed by atoms with Crippen LogP contribution in [0.1, 0.15) is 47.5 Å². The molecule has 0 unspecified atom stereocenters. The molecule has 0 heterocycles. The summed E-state index contributed by atoms with van der Waals surface area (Å²) in [5.41, 5.74) is 3.30. The van der Waals surface area contributed by atoms with Gasteiger partial charge in [0, 0.05) is 5.92 Å². The van der Waals surface area contributed by atoms with Crippen LogP contribution < -0.4 is 0 Å². The molecule has 0 saturated heterocycles. The van der Waals surface area contributed by atoms with Gasteiger partial charge in [0.15, 0.2) is 0 Å². The first kappa shape index (κ1) is 12.3. The van der Waals surface area contributed by atoms with E-state index in [1.165, 1.54) is 24.0 Å². The van der Waals surface area contributed by atoms with E-state index in [2.05, 4.69) is 58.9 Å². The van der Waals surface area contributed by atoms with E-state index < -0.39 is 0 Å². The molecular formula is C15H24. The quantitative estimate of drug-likeness (QED) is 0.443. The highest BCUT2D eigenvalue weighted by Crippen LogP contribution is 2.41. The van der Waals surface area contributed by atoms with Crippen molar-refractivity contribution in [3.63, 3.8) is 0 Å². The van der Waals surface area contributed by atoms with Gasteiger partial charge in [-0.3, -0.25) is 0 Å². The second-order valence-electron chi connectivity index (χ2n) is 5.34. The fourth-order valence-corrected chi connectivity index (χ4v) is 2.33. The highest BCUT2D eigenvalue weighted by atomic mass is 14.3. The zero-order chi connectivity index (χ0) is 11.5. The Morgan fingerprint density at radius 2 is 2.13 bits per heavy atom. The summed E-state index contributed by atoms with van der Waals surface area (Å²) in [6, 6.07) is 0. The molecule has 0 aromatic heterocycles. The summed E-state index contributed by atoms with van der Waals surface area (Å²) in [6.07, 6.45) is 11.7. The van der Waals surface area contributed by atoms with E-state index in [0.29, 0.717) is 11.3 Å². The van der Waals surface area contributed by atoms with Crippen LogP contribution in [0.3, 0.4) is 0 Å². The summed E-state index contributed by atoms with van der Waals surface area (Å²) in [5.74, 6) is 0.612. The number of hydrogen-bond acceptors (Lipinski definition) is 0. The Bertz CT molecular complexity index is 300. The summed E-state index contributed by atoms with van der Waals surface area (Å²) in [6.45, 7) is 11.3. The Morgan fingerprint density at radius 1 is 1.47 bits per heavy atom. The average molecular weight is 204 g/mol. The van der Waals surface area contributed by atoms with Gasteiger partial charge in [-0.2, -0.15) is 0 Å². The minimum absolute atomic E-state index is 0.420. The van der Waals surface area contributed by atoms with Crippen LogP contribution >= 0.6 is 0 Å². The normalized spacial score (nSPS) is 26.9. The van der Waals surface area contributed by atoms with Crippen molar-refractivity contribution in [3.8, 4) is 0 Å². The van der Waals surface area contributed by atoms with Crippen molar-refractivity contribution in [3.05, 3.63) is 35.5 Å². The molecule has 0 amide bonds. The molecule has 0 heteroatoms. The smallest absolute Gasteiger partial charge is 0.00285 e. The predicted molar refractivity (Wildman–Crippen MR) is 68.8 cm³/mol. The lowest BCUT2D eigenvalue weighted by molar-refractivity contribution is 0.255. The monoisotopic (exact) mass is 204 g/mol. The zero-order valence-electron chi connectivity index (χ0n) is 10.8. The first-order valence-corrected chi connectivity index (χ1v) is 5.95. The topological polar surface area (TPSA) is 0 Å². The Balaban J connectivity index is 2.86. The summed E-state index contributed by atoms with van der Waals surface area (Å²) >= 11 is 0. The standard InChI is InChI=1S/C15H24/c1-6-12(2)9-10-14-13(3)8-7-11-15(14,4)5/h6,8-10,14H,7,11H2,1-5H3/b10-9+,12-6-/t14-/m0/s1. The Hall–Kier alpha value is -0.780. The number of hydrogen-bond donors (Lipinski definition) is 0. The molecule has 1 atom stereocenters. The van der Waals surface area contributed by atoms with Gasteiger partial charge in [0.1, 0.15) is 0 Å². The Morgan fingerprint density at radius 3 is 2.67 bits per heavy atom. The molecule has 1 aliphatic rings. The third-order valence-corrected chi connectivity index (χ3v) is 3.59. The molecule has 0 aliphatic heterocycles. The summed E-state index contributed by atoms with van der Waals surface area (Å²) < 4.78 is 0. The maximum absolute atomic E-state index is 2.39. The van der Waals surface area contributed by atoms with E-state index in [4.69, 9.17) is 0 Å². The van der Waals surface area contributed by atoms with E-state index in [1.54, 1.807) is 0 Å². The largest absolute Gasteiger partial charge is 0.0850 e. The first-order valence-electron chi connectivity index (χ1n) is 5.95.